The highest BCUT2D eigenvalue weighted by Crippen LogP contribution is 2.26. The van der Waals surface area contributed by atoms with Crippen LogP contribution in [-0.2, 0) is 9.53 Å². The van der Waals surface area contributed by atoms with Gasteiger partial charge in [-0.3, -0.25) is 4.79 Å². The minimum Gasteiger partial charge on any atom is -0.494 e. The molecule has 0 bridgehead atoms. The second-order valence-corrected chi connectivity index (χ2v) is 6.38. The molecule has 0 radical (unpaired) electrons. The monoisotopic (exact) mass is 451 g/mol. The Hall–Kier alpha value is -2.74. The molecule has 0 fully saturated rings. The molecule has 1 N–H and O–H groups in total. The normalized spacial score (nSPS) is 10.1. The van der Waals surface area contributed by atoms with E-state index in [9.17, 15) is 9.59 Å². The van der Waals surface area contributed by atoms with Gasteiger partial charge in [-0.1, -0.05) is 0 Å². The second-order valence-electron chi connectivity index (χ2n) is 5.53. The number of nitrogens with one attached hydrogen (secondary N) is 1. The first-order chi connectivity index (χ1) is 13.5. The molecular weight excluding hydrogens is 430 g/mol. The fourth-order valence-electron chi connectivity index (χ4n) is 2.22. The van der Waals surface area contributed by atoms with Crippen LogP contribution in [0.3, 0.4) is 0 Å². The minimum atomic E-state index is -0.447. The van der Waals surface area contributed by atoms with Gasteiger partial charge in [0.2, 0.25) is 0 Å². The Morgan fingerprint density at radius 3 is 2.29 bits per heavy atom. The number of carbonyl (C=O) groups is 2. The summed E-state index contributed by atoms with van der Waals surface area (Å²) in [7, 11) is 1.31. The number of benzene rings is 2. The Labute approximate surface area is 172 Å². The Kier molecular flexibility index (Phi) is 8.61. The summed E-state index contributed by atoms with van der Waals surface area (Å²) in [6.07, 6.45) is 0. The van der Waals surface area contributed by atoms with Crippen LogP contribution >= 0.6 is 15.9 Å². The van der Waals surface area contributed by atoms with Gasteiger partial charge in [0.1, 0.15) is 23.9 Å². The van der Waals surface area contributed by atoms with Crippen molar-refractivity contribution in [2.75, 3.05) is 33.5 Å². The number of hydrogen-bond acceptors (Lipinski definition) is 6. The summed E-state index contributed by atoms with van der Waals surface area (Å²) >= 11 is 3.31. The molecule has 7 nitrogen and oxygen atoms in total. The van der Waals surface area contributed by atoms with Gasteiger partial charge in [-0.25, -0.2) is 4.79 Å². The van der Waals surface area contributed by atoms with E-state index >= 15 is 0 Å². The van der Waals surface area contributed by atoms with Crippen LogP contribution in [0.2, 0.25) is 0 Å². The van der Waals surface area contributed by atoms with E-state index in [2.05, 4.69) is 26.0 Å². The molecule has 0 aromatic heterocycles. The van der Waals surface area contributed by atoms with Gasteiger partial charge in [0.25, 0.3) is 5.91 Å². The highest BCUT2D eigenvalue weighted by molar-refractivity contribution is 9.10. The number of methoxy groups -OCH3 is 1. The van der Waals surface area contributed by atoms with Crippen molar-refractivity contribution in [1.29, 1.82) is 0 Å². The SMILES string of the molecule is CCOc1ccc(OCCNC(=O)COc2ccc(C(=O)OC)cc2Br)cc1. The Balaban J connectivity index is 1.69. The molecule has 0 unspecified atom stereocenters. The maximum absolute atomic E-state index is 11.9. The molecular formula is C20H22BrNO6. The number of halogens is 1. The Bertz CT molecular complexity index is 794. The van der Waals surface area contributed by atoms with Gasteiger partial charge in [0.15, 0.2) is 6.61 Å². The van der Waals surface area contributed by atoms with Gasteiger partial charge in [-0.2, -0.15) is 0 Å². The van der Waals surface area contributed by atoms with Crippen LogP contribution < -0.4 is 19.5 Å². The number of carbonyl (C=O) groups excluding carboxylic acids is 2. The van der Waals surface area contributed by atoms with Gasteiger partial charge in [-0.05, 0) is 65.3 Å². The molecule has 2 aromatic carbocycles. The molecule has 2 rings (SSSR count). The molecule has 0 saturated carbocycles. The van der Waals surface area contributed by atoms with Crippen LogP contribution in [0, 0.1) is 0 Å². The topological polar surface area (TPSA) is 83.1 Å². The predicted molar refractivity (Wildman–Crippen MR) is 107 cm³/mol. The van der Waals surface area contributed by atoms with E-state index < -0.39 is 5.97 Å². The summed E-state index contributed by atoms with van der Waals surface area (Å²) in [5, 5.41) is 2.71. The lowest BCUT2D eigenvalue weighted by atomic mass is 10.2. The first-order valence-corrected chi connectivity index (χ1v) is 9.45. The zero-order valence-corrected chi connectivity index (χ0v) is 17.3. The lowest BCUT2D eigenvalue weighted by Crippen LogP contribution is -2.32. The van der Waals surface area contributed by atoms with Crippen LogP contribution in [0.1, 0.15) is 17.3 Å². The largest absolute Gasteiger partial charge is 0.494 e. The Morgan fingerprint density at radius 2 is 1.68 bits per heavy atom. The highest BCUT2D eigenvalue weighted by atomic mass is 79.9. The first kappa shape index (κ1) is 21.6. The number of esters is 1. The molecule has 0 aliphatic rings. The molecule has 0 spiro atoms. The summed E-state index contributed by atoms with van der Waals surface area (Å²) in [6.45, 7) is 3.06. The van der Waals surface area contributed by atoms with Crippen molar-refractivity contribution < 1.29 is 28.5 Å². The molecule has 1 amide bonds. The molecule has 28 heavy (non-hydrogen) atoms. The number of amides is 1. The summed E-state index contributed by atoms with van der Waals surface area (Å²) in [5.74, 6) is 1.21. The van der Waals surface area contributed by atoms with Crippen molar-refractivity contribution in [2.24, 2.45) is 0 Å². The maximum Gasteiger partial charge on any atom is 0.337 e. The van der Waals surface area contributed by atoms with Gasteiger partial charge >= 0.3 is 5.97 Å². The average molecular weight is 452 g/mol. The van der Waals surface area contributed by atoms with Crippen molar-refractivity contribution >= 4 is 27.8 Å². The van der Waals surface area contributed by atoms with Gasteiger partial charge < -0.3 is 24.3 Å². The lowest BCUT2D eigenvalue weighted by Gasteiger charge is -2.11. The molecule has 0 aliphatic carbocycles. The van der Waals surface area contributed by atoms with Crippen LogP contribution in [-0.4, -0.2) is 45.4 Å². The zero-order chi connectivity index (χ0) is 20.4. The van der Waals surface area contributed by atoms with Crippen molar-refractivity contribution in [3.63, 3.8) is 0 Å². The molecule has 0 heterocycles. The smallest absolute Gasteiger partial charge is 0.337 e. The van der Waals surface area contributed by atoms with Gasteiger partial charge in [0, 0.05) is 0 Å². The third kappa shape index (κ3) is 6.77. The zero-order valence-electron chi connectivity index (χ0n) is 15.7. The summed E-state index contributed by atoms with van der Waals surface area (Å²) in [4.78, 5) is 23.4. The highest BCUT2D eigenvalue weighted by Gasteiger charge is 2.10. The molecule has 0 saturated heterocycles. The predicted octanol–water partition coefficient (Wildman–Crippen LogP) is 3.21. The quantitative estimate of drug-likeness (QED) is 0.441. The van der Waals surface area contributed by atoms with Crippen molar-refractivity contribution in [2.45, 2.75) is 6.92 Å². The number of rotatable bonds is 10. The lowest BCUT2D eigenvalue weighted by molar-refractivity contribution is -0.123. The first-order valence-electron chi connectivity index (χ1n) is 8.66. The van der Waals surface area contributed by atoms with Crippen molar-refractivity contribution in [1.82, 2.24) is 5.32 Å². The second kappa shape index (κ2) is 11.2. The third-order valence-electron chi connectivity index (χ3n) is 3.54. The van der Waals surface area contributed by atoms with E-state index in [0.717, 1.165) is 5.75 Å². The molecule has 2 aromatic rings. The summed E-state index contributed by atoms with van der Waals surface area (Å²) in [6, 6.07) is 12.0. The molecule has 0 aliphatic heterocycles. The fourth-order valence-corrected chi connectivity index (χ4v) is 2.71. The van der Waals surface area contributed by atoms with Crippen molar-refractivity contribution in [3.05, 3.63) is 52.5 Å². The summed E-state index contributed by atoms with van der Waals surface area (Å²) < 4.78 is 21.6. The van der Waals surface area contributed by atoms with Gasteiger partial charge in [-0.15, -0.1) is 0 Å². The van der Waals surface area contributed by atoms with E-state index in [4.69, 9.17) is 14.2 Å². The fraction of sp³-hybridized carbons (Fsp3) is 0.300. The van der Waals surface area contributed by atoms with Crippen molar-refractivity contribution in [3.8, 4) is 17.2 Å². The standard InChI is InChI=1S/C20H22BrNO6/c1-3-26-15-5-7-16(8-6-15)27-11-10-22-19(23)13-28-18-9-4-14(12-17(18)21)20(24)25-2/h4-9,12H,3,10-11,13H2,1-2H3,(H,22,23). The molecule has 150 valence electrons. The average Bonchev–Trinajstić information content (AvgIpc) is 2.71. The van der Waals surface area contributed by atoms with Crippen LogP contribution in [0.15, 0.2) is 46.9 Å². The minimum absolute atomic E-state index is 0.154. The van der Waals surface area contributed by atoms with Crippen LogP contribution in [0.25, 0.3) is 0 Å². The summed E-state index contributed by atoms with van der Waals surface area (Å²) in [5.41, 5.74) is 0.387. The Morgan fingerprint density at radius 1 is 1.00 bits per heavy atom. The number of hydrogen-bond donors (Lipinski definition) is 1. The third-order valence-corrected chi connectivity index (χ3v) is 4.16. The van der Waals surface area contributed by atoms with E-state index in [0.29, 0.717) is 41.3 Å². The maximum atomic E-state index is 11.9. The van der Waals surface area contributed by atoms with Crippen LogP contribution in [0.4, 0.5) is 0 Å². The van der Waals surface area contributed by atoms with E-state index in [-0.39, 0.29) is 12.5 Å². The van der Waals surface area contributed by atoms with E-state index in [1.807, 2.05) is 31.2 Å². The van der Waals surface area contributed by atoms with Gasteiger partial charge in [0.05, 0.1) is 30.3 Å². The number of ether oxygens (including phenoxy) is 4. The molecule has 8 heteroatoms. The van der Waals surface area contributed by atoms with E-state index in [1.165, 1.54) is 7.11 Å². The van der Waals surface area contributed by atoms with E-state index in [1.54, 1.807) is 18.2 Å². The molecule has 0 atom stereocenters. The van der Waals surface area contributed by atoms with Crippen LogP contribution in [0.5, 0.6) is 17.2 Å².